The van der Waals surface area contributed by atoms with Gasteiger partial charge in [0.1, 0.15) is 10.8 Å². The van der Waals surface area contributed by atoms with Gasteiger partial charge in [0, 0.05) is 23.0 Å². The van der Waals surface area contributed by atoms with Crippen LogP contribution in [-0.2, 0) is 16.0 Å². The van der Waals surface area contributed by atoms with Gasteiger partial charge >= 0.3 is 0 Å². The van der Waals surface area contributed by atoms with Gasteiger partial charge in [-0.2, -0.15) is 0 Å². The molecule has 3 rings (SSSR count). The molecule has 0 spiro atoms. The van der Waals surface area contributed by atoms with E-state index in [1.54, 1.807) is 25.2 Å². The molecule has 0 bridgehead atoms. The van der Waals surface area contributed by atoms with Gasteiger partial charge < -0.3 is 15.0 Å². The van der Waals surface area contributed by atoms with E-state index in [9.17, 15) is 9.59 Å². The van der Waals surface area contributed by atoms with Crippen molar-refractivity contribution in [1.82, 2.24) is 9.88 Å². The Bertz CT molecular complexity index is 1010. The molecule has 1 aromatic heterocycles. The molecule has 2 amide bonds. The summed E-state index contributed by atoms with van der Waals surface area (Å²) < 4.78 is 5.21. The van der Waals surface area contributed by atoms with Gasteiger partial charge in [0.25, 0.3) is 0 Å². The number of likely N-dealkylation sites (N-methyl/N-ethyl adjacent to an activating group) is 1. The van der Waals surface area contributed by atoms with Crippen LogP contribution in [0.1, 0.15) is 5.69 Å². The number of hydrogen-bond acceptors (Lipinski definition) is 5. The van der Waals surface area contributed by atoms with Gasteiger partial charge in [0.2, 0.25) is 11.8 Å². The van der Waals surface area contributed by atoms with Crippen molar-refractivity contribution in [2.75, 3.05) is 26.0 Å². The minimum Gasteiger partial charge on any atom is -0.495 e. The first-order chi connectivity index (χ1) is 14.0. The van der Waals surface area contributed by atoms with Crippen LogP contribution < -0.4 is 10.1 Å². The third-order valence-corrected chi connectivity index (χ3v) is 5.32. The Balaban J connectivity index is 1.57. The van der Waals surface area contributed by atoms with Crippen LogP contribution in [0.25, 0.3) is 10.6 Å². The van der Waals surface area contributed by atoms with Crippen molar-refractivity contribution in [1.29, 1.82) is 0 Å². The van der Waals surface area contributed by atoms with Gasteiger partial charge in [0.15, 0.2) is 0 Å². The molecule has 150 valence electrons. The first-order valence-corrected chi connectivity index (χ1v) is 10.1. The smallest absolute Gasteiger partial charge is 0.244 e. The van der Waals surface area contributed by atoms with E-state index >= 15 is 0 Å². The quantitative estimate of drug-likeness (QED) is 0.613. The van der Waals surface area contributed by atoms with Crippen LogP contribution >= 0.6 is 22.9 Å². The number of nitrogens with one attached hydrogen (secondary N) is 1. The van der Waals surface area contributed by atoms with Crippen molar-refractivity contribution >= 4 is 40.4 Å². The molecule has 6 nitrogen and oxygen atoms in total. The summed E-state index contributed by atoms with van der Waals surface area (Å²) in [5.74, 6) is -0.0413. The van der Waals surface area contributed by atoms with E-state index in [0.717, 1.165) is 10.6 Å². The third kappa shape index (κ3) is 5.56. The number of anilines is 1. The molecule has 1 heterocycles. The van der Waals surface area contributed by atoms with Crippen molar-refractivity contribution in [2.45, 2.75) is 6.42 Å². The summed E-state index contributed by atoms with van der Waals surface area (Å²) in [6.45, 7) is -0.0931. The lowest BCUT2D eigenvalue weighted by Crippen LogP contribution is -2.35. The van der Waals surface area contributed by atoms with E-state index in [4.69, 9.17) is 16.3 Å². The summed E-state index contributed by atoms with van der Waals surface area (Å²) in [6, 6.07) is 14.7. The molecule has 1 N–H and O–H groups in total. The van der Waals surface area contributed by atoms with Crippen LogP contribution in [0.5, 0.6) is 5.75 Å². The number of nitrogens with zero attached hydrogens (tertiary/aromatic N) is 2. The second-order valence-corrected chi connectivity index (χ2v) is 7.62. The highest BCUT2D eigenvalue weighted by Gasteiger charge is 2.17. The highest BCUT2D eigenvalue weighted by molar-refractivity contribution is 7.13. The summed E-state index contributed by atoms with van der Waals surface area (Å²) in [6.07, 6.45) is 0.133. The molecular formula is C21H20ClN3O3S. The van der Waals surface area contributed by atoms with Crippen molar-refractivity contribution in [3.8, 4) is 16.3 Å². The molecule has 2 aromatic carbocycles. The van der Waals surface area contributed by atoms with Gasteiger partial charge in [0.05, 0.1) is 31.5 Å². The summed E-state index contributed by atoms with van der Waals surface area (Å²) in [5, 5.41) is 5.93. The Labute approximate surface area is 178 Å². The Hall–Kier alpha value is -2.90. The number of benzene rings is 2. The standard InChI is InChI=1S/C21H20ClN3O3S/c1-25(12-19(26)24-17-10-15(22)8-9-18(17)28-2)20(27)11-16-13-29-21(23-16)14-6-4-3-5-7-14/h3-10,13H,11-12H2,1-2H3,(H,24,26). The fraction of sp³-hybridized carbons (Fsp3) is 0.190. The fourth-order valence-corrected chi connectivity index (χ4v) is 3.66. The maximum absolute atomic E-state index is 12.5. The Kier molecular flexibility index (Phi) is 6.85. The number of amides is 2. The zero-order valence-corrected chi connectivity index (χ0v) is 17.6. The molecule has 0 aliphatic heterocycles. The maximum atomic E-state index is 12.5. The normalized spacial score (nSPS) is 10.4. The number of halogens is 1. The van der Waals surface area contributed by atoms with Crippen LogP contribution in [0.4, 0.5) is 5.69 Å². The van der Waals surface area contributed by atoms with Crippen LogP contribution in [0.3, 0.4) is 0 Å². The predicted molar refractivity (Wildman–Crippen MR) is 116 cm³/mol. The fourth-order valence-electron chi connectivity index (χ4n) is 2.66. The first-order valence-electron chi connectivity index (χ1n) is 8.83. The molecule has 8 heteroatoms. The van der Waals surface area contributed by atoms with Gasteiger partial charge in [-0.15, -0.1) is 11.3 Å². The van der Waals surface area contributed by atoms with E-state index in [-0.39, 0.29) is 24.8 Å². The molecule has 29 heavy (non-hydrogen) atoms. The number of carbonyl (C=O) groups excluding carboxylic acids is 2. The minimum atomic E-state index is -0.343. The molecular weight excluding hydrogens is 410 g/mol. The van der Waals surface area contributed by atoms with E-state index in [2.05, 4.69) is 10.3 Å². The van der Waals surface area contributed by atoms with Crippen molar-refractivity contribution in [3.63, 3.8) is 0 Å². The van der Waals surface area contributed by atoms with E-state index in [1.807, 2.05) is 35.7 Å². The van der Waals surface area contributed by atoms with Crippen molar-refractivity contribution < 1.29 is 14.3 Å². The number of thiazole rings is 1. The molecule has 0 saturated carbocycles. The molecule has 0 aliphatic carbocycles. The van der Waals surface area contributed by atoms with Gasteiger partial charge in [-0.3, -0.25) is 9.59 Å². The highest BCUT2D eigenvalue weighted by atomic mass is 35.5. The summed E-state index contributed by atoms with van der Waals surface area (Å²) >= 11 is 7.46. The van der Waals surface area contributed by atoms with Crippen LogP contribution in [0, 0.1) is 0 Å². The first kappa shape index (κ1) is 20.8. The van der Waals surface area contributed by atoms with Gasteiger partial charge in [-0.25, -0.2) is 4.98 Å². The predicted octanol–water partition coefficient (Wildman–Crippen LogP) is 4.11. The average molecular weight is 430 g/mol. The zero-order valence-electron chi connectivity index (χ0n) is 16.0. The number of rotatable bonds is 7. The molecule has 3 aromatic rings. The lowest BCUT2D eigenvalue weighted by atomic mass is 10.2. The molecule has 0 aliphatic rings. The third-order valence-electron chi connectivity index (χ3n) is 4.15. The molecule has 0 fully saturated rings. The zero-order chi connectivity index (χ0) is 20.8. The SMILES string of the molecule is COc1ccc(Cl)cc1NC(=O)CN(C)C(=O)Cc1csc(-c2ccccc2)n1. The summed E-state index contributed by atoms with van der Waals surface area (Å²) in [7, 11) is 3.09. The number of methoxy groups -OCH3 is 1. The molecule has 0 saturated heterocycles. The molecule has 0 radical (unpaired) electrons. The van der Waals surface area contributed by atoms with Crippen LogP contribution in [0.2, 0.25) is 5.02 Å². The maximum Gasteiger partial charge on any atom is 0.244 e. The summed E-state index contributed by atoms with van der Waals surface area (Å²) in [5.41, 5.74) is 2.15. The van der Waals surface area contributed by atoms with E-state index in [0.29, 0.717) is 22.2 Å². The number of carbonyl (C=O) groups is 2. The van der Waals surface area contributed by atoms with Gasteiger partial charge in [-0.05, 0) is 18.2 Å². The highest BCUT2D eigenvalue weighted by Crippen LogP contribution is 2.27. The van der Waals surface area contributed by atoms with Crippen molar-refractivity contribution in [3.05, 3.63) is 64.6 Å². The second kappa shape index (κ2) is 9.54. The van der Waals surface area contributed by atoms with Crippen molar-refractivity contribution in [2.24, 2.45) is 0 Å². The number of ether oxygens (including phenoxy) is 1. The number of aromatic nitrogens is 1. The van der Waals surface area contributed by atoms with E-state index in [1.165, 1.54) is 23.3 Å². The monoisotopic (exact) mass is 429 g/mol. The average Bonchev–Trinajstić information content (AvgIpc) is 3.17. The minimum absolute atomic E-state index is 0.0931. The topological polar surface area (TPSA) is 71.5 Å². The second-order valence-electron chi connectivity index (χ2n) is 6.33. The lowest BCUT2D eigenvalue weighted by molar-refractivity contribution is -0.132. The Morgan fingerprint density at radius 3 is 2.69 bits per heavy atom. The molecule has 0 atom stereocenters. The number of hydrogen-bond donors (Lipinski definition) is 1. The van der Waals surface area contributed by atoms with E-state index < -0.39 is 0 Å². The largest absolute Gasteiger partial charge is 0.495 e. The molecule has 0 unspecified atom stereocenters. The van der Waals surface area contributed by atoms with Crippen LogP contribution in [-0.4, -0.2) is 42.4 Å². The summed E-state index contributed by atoms with van der Waals surface area (Å²) in [4.78, 5) is 30.7. The Morgan fingerprint density at radius 1 is 1.21 bits per heavy atom. The Morgan fingerprint density at radius 2 is 1.97 bits per heavy atom. The van der Waals surface area contributed by atoms with Crippen LogP contribution in [0.15, 0.2) is 53.9 Å². The van der Waals surface area contributed by atoms with Gasteiger partial charge in [-0.1, -0.05) is 41.9 Å². The lowest BCUT2D eigenvalue weighted by Gasteiger charge is -2.17.